The molecule has 1 saturated heterocycles. The van der Waals surface area contributed by atoms with Crippen LogP contribution < -0.4 is 20.5 Å². The number of aryl methyl sites for hydroxylation is 1. The van der Waals surface area contributed by atoms with Crippen molar-refractivity contribution in [3.8, 4) is 5.75 Å². The number of piperazine rings is 1. The van der Waals surface area contributed by atoms with Crippen molar-refractivity contribution in [1.29, 1.82) is 0 Å². The number of unbranched alkanes of at least 4 members (excludes halogenated alkanes) is 1. The number of ketones is 1. The van der Waals surface area contributed by atoms with E-state index in [2.05, 4.69) is 39.1 Å². The van der Waals surface area contributed by atoms with Gasteiger partial charge in [0.15, 0.2) is 17.4 Å². The van der Waals surface area contributed by atoms with Crippen molar-refractivity contribution in [2.75, 3.05) is 50.1 Å². The van der Waals surface area contributed by atoms with Gasteiger partial charge in [0.25, 0.3) is 5.56 Å². The van der Waals surface area contributed by atoms with Gasteiger partial charge < -0.3 is 24.4 Å². The van der Waals surface area contributed by atoms with Crippen molar-refractivity contribution < 1.29 is 9.53 Å². The van der Waals surface area contributed by atoms with Crippen LogP contribution >= 0.6 is 11.6 Å². The molecule has 10 heteroatoms. The predicted octanol–water partition coefficient (Wildman–Crippen LogP) is 4.10. The van der Waals surface area contributed by atoms with Crippen LogP contribution in [0.5, 0.6) is 5.75 Å². The molecule has 1 aromatic carbocycles. The van der Waals surface area contributed by atoms with Crippen molar-refractivity contribution in [2.24, 2.45) is 0 Å². The summed E-state index contributed by atoms with van der Waals surface area (Å²) in [5.41, 5.74) is 1.35. The SMILES string of the molecule is CCCCn1c(=O)c(OCC(=O)CC)cc2cc(Nc3nc(N4CCN(C)CC4)ncc3Cl)ccc21. The second kappa shape index (κ2) is 11.7. The lowest BCUT2D eigenvalue weighted by molar-refractivity contribution is -0.120. The van der Waals surface area contributed by atoms with E-state index in [0.29, 0.717) is 29.8 Å². The summed E-state index contributed by atoms with van der Waals surface area (Å²) >= 11 is 6.43. The zero-order valence-electron chi connectivity index (χ0n) is 21.1. The number of hydrogen-bond donors (Lipinski definition) is 1. The highest BCUT2D eigenvalue weighted by Crippen LogP contribution is 2.28. The summed E-state index contributed by atoms with van der Waals surface area (Å²) in [5.74, 6) is 1.28. The van der Waals surface area contributed by atoms with Gasteiger partial charge in [-0.05, 0) is 37.7 Å². The monoisotopic (exact) mass is 512 g/mol. The summed E-state index contributed by atoms with van der Waals surface area (Å²) in [7, 11) is 2.10. The van der Waals surface area contributed by atoms with Crippen LogP contribution in [0.1, 0.15) is 33.1 Å². The molecule has 1 aliphatic heterocycles. The number of ether oxygens (including phenoxy) is 1. The topological polar surface area (TPSA) is 92.6 Å². The summed E-state index contributed by atoms with van der Waals surface area (Å²) in [6, 6.07) is 7.44. The number of likely N-dealkylation sites (N-methyl/N-ethyl adjacent to an activating group) is 1. The molecule has 36 heavy (non-hydrogen) atoms. The maximum atomic E-state index is 13.1. The number of anilines is 3. The van der Waals surface area contributed by atoms with E-state index in [4.69, 9.17) is 16.3 Å². The highest BCUT2D eigenvalue weighted by molar-refractivity contribution is 6.32. The van der Waals surface area contributed by atoms with E-state index in [1.165, 1.54) is 0 Å². The number of aromatic nitrogens is 3. The fourth-order valence-corrected chi connectivity index (χ4v) is 4.22. The van der Waals surface area contributed by atoms with Crippen LogP contribution in [0.2, 0.25) is 5.02 Å². The number of nitrogens with zero attached hydrogens (tertiary/aromatic N) is 5. The molecular formula is C26H33ClN6O3. The maximum Gasteiger partial charge on any atom is 0.293 e. The molecule has 0 unspecified atom stereocenters. The molecule has 2 aromatic heterocycles. The Bertz CT molecular complexity index is 1290. The largest absolute Gasteiger partial charge is 0.480 e. The summed E-state index contributed by atoms with van der Waals surface area (Å²) in [6.07, 6.45) is 3.79. The Hall–Kier alpha value is -3.17. The normalized spacial score (nSPS) is 14.3. The van der Waals surface area contributed by atoms with Gasteiger partial charge >= 0.3 is 0 Å². The number of nitrogens with one attached hydrogen (secondary N) is 1. The molecule has 0 amide bonds. The van der Waals surface area contributed by atoms with Gasteiger partial charge in [-0.3, -0.25) is 9.59 Å². The molecular weight excluding hydrogens is 480 g/mol. The lowest BCUT2D eigenvalue weighted by Crippen LogP contribution is -2.45. The summed E-state index contributed by atoms with van der Waals surface area (Å²) in [5, 5.41) is 4.54. The third-order valence-corrected chi connectivity index (χ3v) is 6.64. The number of carbonyl (C=O) groups is 1. The third-order valence-electron chi connectivity index (χ3n) is 6.36. The first-order valence-electron chi connectivity index (χ1n) is 12.4. The van der Waals surface area contributed by atoms with E-state index in [1.807, 2.05) is 18.2 Å². The molecule has 0 radical (unpaired) electrons. The average molecular weight is 513 g/mol. The van der Waals surface area contributed by atoms with Gasteiger partial charge in [0.1, 0.15) is 11.6 Å². The smallest absolute Gasteiger partial charge is 0.293 e. The van der Waals surface area contributed by atoms with Gasteiger partial charge in [-0.15, -0.1) is 0 Å². The standard InChI is InChI=1S/C26H33ClN6O3/c1-4-6-9-33-22-8-7-19(14-18(22)15-23(25(33)35)36-17-20(34)5-2)29-24-21(27)16-28-26(30-24)32-12-10-31(3)11-13-32/h7-8,14-16H,4-6,9-13,17H2,1-3H3,(H,28,29,30). The summed E-state index contributed by atoms with van der Waals surface area (Å²) in [6.45, 7) is 7.92. The van der Waals surface area contributed by atoms with Crippen LogP contribution in [0.3, 0.4) is 0 Å². The Labute approximate surface area is 216 Å². The van der Waals surface area contributed by atoms with E-state index < -0.39 is 0 Å². The first-order chi connectivity index (χ1) is 17.4. The van der Waals surface area contributed by atoms with Crippen molar-refractivity contribution >= 4 is 45.7 Å². The zero-order chi connectivity index (χ0) is 25.7. The molecule has 3 heterocycles. The van der Waals surface area contributed by atoms with Crippen LogP contribution in [-0.4, -0.2) is 65.1 Å². The number of fused-ring (bicyclic) bond motifs is 1. The van der Waals surface area contributed by atoms with E-state index in [9.17, 15) is 9.59 Å². The van der Waals surface area contributed by atoms with Crippen LogP contribution in [0.25, 0.3) is 10.9 Å². The molecule has 192 valence electrons. The predicted molar refractivity (Wildman–Crippen MR) is 144 cm³/mol. The molecule has 4 rings (SSSR count). The number of Topliss-reactive ketones (excluding diaryl/α,β-unsaturated/α-hetero) is 1. The van der Waals surface area contributed by atoms with Crippen molar-refractivity contribution in [1.82, 2.24) is 19.4 Å². The minimum absolute atomic E-state index is 0.0559. The van der Waals surface area contributed by atoms with Crippen molar-refractivity contribution in [3.05, 3.63) is 45.8 Å². The number of pyridine rings is 1. The molecule has 0 aliphatic carbocycles. The molecule has 1 N–H and O–H groups in total. The molecule has 3 aromatic rings. The molecule has 0 bridgehead atoms. The highest BCUT2D eigenvalue weighted by atomic mass is 35.5. The number of benzene rings is 1. The van der Waals surface area contributed by atoms with Crippen LogP contribution in [-0.2, 0) is 11.3 Å². The Morgan fingerprint density at radius 3 is 2.67 bits per heavy atom. The number of hydrogen-bond acceptors (Lipinski definition) is 8. The van der Waals surface area contributed by atoms with Gasteiger partial charge in [-0.1, -0.05) is 31.9 Å². The Morgan fingerprint density at radius 1 is 1.17 bits per heavy atom. The molecule has 1 fully saturated rings. The Morgan fingerprint density at radius 2 is 1.94 bits per heavy atom. The molecule has 9 nitrogen and oxygen atoms in total. The van der Waals surface area contributed by atoms with Crippen LogP contribution in [0.4, 0.5) is 17.5 Å². The molecule has 0 spiro atoms. The van der Waals surface area contributed by atoms with Gasteiger partial charge in [-0.2, -0.15) is 4.98 Å². The third kappa shape index (κ3) is 5.96. The summed E-state index contributed by atoms with van der Waals surface area (Å²) in [4.78, 5) is 38.4. The van der Waals surface area contributed by atoms with E-state index in [0.717, 1.165) is 55.6 Å². The Balaban J connectivity index is 1.65. The zero-order valence-corrected chi connectivity index (χ0v) is 21.8. The van der Waals surface area contributed by atoms with Gasteiger partial charge in [-0.25, -0.2) is 4.98 Å². The van der Waals surface area contributed by atoms with Crippen molar-refractivity contribution in [2.45, 2.75) is 39.7 Å². The van der Waals surface area contributed by atoms with Crippen LogP contribution in [0.15, 0.2) is 35.3 Å². The lowest BCUT2D eigenvalue weighted by Gasteiger charge is -2.32. The number of carbonyl (C=O) groups excluding carboxylic acids is 1. The Kier molecular flexibility index (Phi) is 8.43. The minimum Gasteiger partial charge on any atom is -0.480 e. The second-order valence-corrected chi connectivity index (χ2v) is 9.46. The van der Waals surface area contributed by atoms with E-state index >= 15 is 0 Å². The minimum atomic E-state index is -0.226. The van der Waals surface area contributed by atoms with Crippen LogP contribution in [0, 0.1) is 0 Å². The van der Waals surface area contributed by atoms with E-state index in [1.54, 1.807) is 23.8 Å². The van der Waals surface area contributed by atoms with Gasteiger partial charge in [0.05, 0.1) is 11.7 Å². The number of rotatable bonds is 10. The first-order valence-corrected chi connectivity index (χ1v) is 12.8. The van der Waals surface area contributed by atoms with E-state index in [-0.39, 0.29) is 23.7 Å². The average Bonchev–Trinajstić information content (AvgIpc) is 2.88. The quantitative estimate of drug-likeness (QED) is 0.434. The second-order valence-electron chi connectivity index (χ2n) is 9.06. The maximum absolute atomic E-state index is 13.1. The molecule has 0 saturated carbocycles. The molecule has 1 aliphatic rings. The highest BCUT2D eigenvalue weighted by Gasteiger charge is 2.18. The number of halogens is 1. The summed E-state index contributed by atoms with van der Waals surface area (Å²) < 4.78 is 7.35. The van der Waals surface area contributed by atoms with Gasteiger partial charge in [0.2, 0.25) is 5.95 Å². The molecule has 0 atom stereocenters. The fourth-order valence-electron chi connectivity index (χ4n) is 4.08. The fraction of sp³-hybridized carbons (Fsp3) is 0.462. The first kappa shape index (κ1) is 25.9. The van der Waals surface area contributed by atoms with Crippen molar-refractivity contribution in [3.63, 3.8) is 0 Å². The lowest BCUT2D eigenvalue weighted by atomic mass is 10.1. The van der Waals surface area contributed by atoms with Gasteiger partial charge in [0, 0.05) is 50.2 Å².